The van der Waals surface area contributed by atoms with E-state index in [0.717, 1.165) is 0 Å². The Morgan fingerprint density at radius 2 is 2.43 bits per heavy atom. The predicted molar refractivity (Wildman–Crippen MR) is 36.4 cm³/mol. The highest BCUT2D eigenvalue weighted by Crippen LogP contribution is 2.14. The maximum absolute atomic E-state index is 9.79. The Morgan fingerprint density at radius 1 is 1.86 bits per heavy atom. The smallest absolute Gasteiger partial charge is 0.0913 e. The van der Waals surface area contributed by atoms with Crippen molar-refractivity contribution < 1.29 is 5.11 Å². The molecule has 0 spiro atoms. The minimum absolute atomic E-state index is 0.0284. The van der Waals surface area contributed by atoms with Gasteiger partial charge in [0.2, 0.25) is 0 Å². The minimum atomic E-state index is 0.0284. The molecule has 0 fully saturated rings. The normalized spacial score (nSPS) is 14.1. The quantitative estimate of drug-likeness (QED) is 0.613. The van der Waals surface area contributed by atoms with Gasteiger partial charge < -0.3 is 0 Å². The number of thioether (sulfide) groups is 1. The average molecular weight is 184 g/mol. The molecule has 1 nitrogen and oxygen atoms in total. The maximum atomic E-state index is 9.79. The topological polar surface area (TPSA) is 19.9 Å². The van der Waals surface area contributed by atoms with Crippen LogP contribution in [-0.2, 0) is 5.11 Å². The largest absolute Gasteiger partial charge is 0.236 e. The van der Waals surface area contributed by atoms with Crippen LogP contribution in [0.25, 0.3) is 0 Å². The van der Waals surface area contributed by atoms with E-state index in [0.29, 0.717) is 9.91 Å². The monoisotopic (exact) mass is 183 g/mol. The van der Waals surface area contributed by atoms with Gasteiger partial charge >= 0.3 is 0 Å². The Morgan fingerprint density at radius 3 is 2.57 bits per heavy atom. The zero-order valence-electron chi connectivity index (χ0n) is 4.19. The fourth-order valence-electron chi connectivity index (χ4n) is 0.211. The molecule has 1 radical (unpaired) electrons. The average Bonchev–Trinajstić information content (AvgIpc) is 1.61. The molecule has 0 amide bonds. The van der Waals surface area contributed by atoms with Crippen LogP contribution in [0.5, 0.6) is 0 Å². The molecule has 0 saturated heterocycles. The summed E-state index contributed by atoms with van der Waals surface area (Å²) in [4.78, 5) is 0. The zero-order chi connectivity index (χ0) is 5.70. The van der Waals surface area contributed by atoms with Crippen molar-refractivity contribution in [2.24, 2.45) is 0 Å². The summed E-state index contributed by atoms with van der Waals surface area (Å²) in [6, 6.07) is 0. The van der Waals surface area contributed by atoms with Crippen LogP contribution < -0.4 is 0 Å². The van der Waals surface area contributed by atoms with Crippen molar-refractivity contribution in [3.05, 3.63) is 0 Å². The van der Waals surface area contributed by atoms with E-state index in [9.17, 15) is 5.11 Å². The molecule has 0 aliphatic heterocycles. The summed E-state index contributed by atoms with van der Waals surface area (Å²) in [7, 11) is 0. The number of hydrogen-bond acceptors (Lipinski definition) is 1. The summed E-state index contributed by atoms with van der Waals surface area (Å²) in [5.41, 5.74) is 0. The van der Waals surface area contributed by atoms with Gasteiger partial charge in [0.25, 0.3) is 0 Å². The van der Waals surface area contributed by atoms with E-state index >= 15 is 0 Å². The summed E-state index contributed by atoms with van der Waals surface area (Å²) in [5.74, 6) is 0.715. The second-order valence-corrected chi connectivity index (χ2v) is 4.55. The summed E-state index contributed by atoms with van der Waals surface area (Å²) in [6.07, 6.45) is 0. The molecule has 0 saturated carbocycles. The molecule has 0 N–H and O–H groups in total. The molecule has 0 heterocycles. The van der Waals surface area contributed by atoms with Gasteiger partial charge in [0.1, 0.15) is 0 Å². The summed E-state index contributed by atoms with van der Waals surface area (Å²) in [6.45, 7) is 2.04. The third-order valence-corrected chi connectivity index (χ3v) is 2.09. The van der Waals surface area contributed by atoms with Crippen molar-refractivity contribution in [2.75, 3.05) is 12.4 Å². The predicted octanol–water partition coefficient (Wildman–Crippen LogP) is 1.89. The number of rotatable bonds is 3. The maximum Gasteiger partial charge on any atom is 0.0913 e. The summed E-state index contributed by atoms with van der Waals surface area (Å²) >= 11 is 4.93. The molecule has 0 aromatic carbocycles. The highest BCUT2D eigenvalue weighted by molar-refractivity contribution is 9.11. The first kappa shape index (κ1) is 7.79. The van der Waals surface area contributed by atoms with E-state index in [1.54, 1.807) is 11.8 Å². The Balaban J connectivity index is 2.68. The lowest BCUT2D eigenvalue weighted by Gasteiger charge is -1.96. The molecule has 0 aromatic rings. The van der Waals surface area contributed by atoms with Crippen LogP contribution in [0.15, 0.2) is 0 Å². The van der Waals surface area contributed by atoms with Gasteiger partial charge in [-0.15, -0.1) is 11.8 Å². The van der Waals surface area contributed by atoms with Crippen LogP contribution in [0.2, 0.25) is 0 Å². The second kappa shape index (κ2) is 4.94. The van der Waals surface area contributed by atoms with Crippen molar-refractivity contribution in [2.45, 2.75) is 11.1 Å². The summed E-state index contributed by atoms with van der Waals surface area (Å²) in [5, 5.41) is 9.79. The number of halogens is 1. The molecule has 0 rings (SSSR count). The third-order valence-electron chi connectivity index (χ3n) is 0.431. The molecule has 0 bridgehead atoms. The Hall–Kier alpha value is 0.790. The Bertz CT molecular complexity index is 40.7. The van der Waals surface area contributed by atoms with Gasteiger partial charge in [-0.1, -0.05) is 15.9 Å². The van der Waals surface area contributed by atoms with E-state index in [1.165, 1.54) is 0 Å². The van der Waals surface area contributed by atoms with Gasteiger partial charge in [0.15, 0.2) is 0 Å². The molecule has 3 heteroatoms. The molecular weight excluding hydrogens is 176 g/mol. The summed E-state index contributed by atoms with van der Waals surface area (Å²) < 4.78 is 0.432. The van der Waals surface area contributed by atoms with E-state index in [4.69, 9.17) is 0 Å². The second-order valence-electron chi connectivity index (χ2n) is 1.12. The van der Waals surface area contributed by atoms with Gasteiger partial charge in [-0.2, -0.15) is 0 Å². The van der Waals surface area contributed by atoms with E-state index in [2.05, 4.69) is 15.9 Å². The first-order valence-corrected chi connectivity index (χ1v) is 4.07. The first-order valence-electron chi connectivity index (χ1n) is 2.11. The third kappa shape index (κ3) is 6.79. The lowest BCUT2D eigenvalue weighted by Crippen LogP contribution is -1.88. The lowest BCUT2D eigenvalue weighted by atomic mass is 10.9. The molecule has 7 heavy (non-hydrogen) atoms. The van der Waals surface area contributed by atoms with Crippen molar-refractivity contribution >= 4 is 27.7 Å². The Labute approximate surface area is 56.6 Å². The van der Waals surface area contributed by atoms with E-state index < -0.39 is 0 Å². The van der Waals surface area contributed by atoms with Gasteiger partial charge in [0, 0.05) is 5.75 Å². The Kier molecular flexibility index (Phi) is 5.49. The minimum Gasteiger partial charge on any atom is -0.236 e. The van der Waals surface area contributed by atoms with Crippen LogP contribution in [0.3, 0.4) is 0 Å². The molecule has 0 aliphatic rings. The molecule has 0 aliphatic carbocycles. The van der Waals surface area contributed by atoms with Crippen LogP contribution in [0.1, 0.15) is 6.92 Å². The van der Waals surface area contributed by atoms with Crippen LogP contribution in [-0.4, -0.2) is 16.5 Å². The highest BCUT2D eigenvalue weighted by Gasteiger charge is 1.92. The highest BCUT2D eigenvalue weighted by atomic mass is 79.9. The van der Waals surface area contributed by atoms with Crippen molar-refractivity contribution in [1.82, 2.24) is 0 Å². The van der Waals surface area contributed by atoms with E-state index in [-0.39, 0.29) is 6.61 Å². The van der Waals surface area contributed by atoms with Crippen molar-refractivity contribution in [3.63, 3.8) is 0 Å². The molecule has 43 valence electrons. The number of hydrogen-bond donors (Lipinski definition) is 0. The van der Waals surface area contributed by atoms with Crippen LogP contribution >= 0.6 is 27.7 Å². The molecule has 0 aromatic heterocycles. The fourth-order valence-corrected chi connectivity index (χ4v) is 1.19. The van der Waals surface area contributed by atoms with Gasteiger partial charge in [-0.05, 0) is 6.92 Å². The van der Waals surface area contributed by atoms with Crippen LogP contribution in [0, 0.1) is 0 Å². The van der Waals surface area contributed by atoms with E-state index in [1.807, 2.05) is 6.92 Å². The zero-order valence-corrected chi connectivity index (χ0v) is 6.59. The van der Waals surface area contributed by atoms with Crippen LogP contribution in [0.4, 0.5) is 0 Å². The molecule has 1 atom stereocenters. The standard InChI is InChI=1S/C4H8BrOS/c1-4(5)7-3-2-6/h4H,2-3H2,1H3. The van der Waals surface area contributed by atoms with Crippen molar-refractivity contribution in [1.29, 1.82) is 0 Å². The number of alkyl halides is 1. The lowest BCUT2D eigenvalue weighted by molar-refractivity contribution is 0.215. The van der Waals surface area contributed by atoms with Gasteiger partial charge in [0.05, 0.1) is 10.8 Å². The van der Waals surface area contributed by atoms with Gasteiger partial charge in [-0.3, -0.25) is 0 Å². The molecular formula is C4H8BrOS. The van der Waals surface area contributed by atoms with Crippen molar-refractivity contribution in [3.8, 4) is 0 Å². The molecule has 1 unspecified atom stereocenters. The SMILES string of the molecule is CC(Br)SCC[O]. The fraction of sp³-hybridized carbons (Fsp3) is 1.00. The van der Waals surface area contributed by atoms with Gasteiger partial charge in [-0.25, -0.2) is 5.11 Å². The first-order chi connectivity index (χ1) is 3.27.